The highest BCUT2D eigenvalue weighted by atomic mass is 79.9. The highest BCUT2D eigenvalue weighted by Crippen LogP contribution is 2.31. The first-order valence-electron chi connectivity index (χ1n) is 5.37. The lowest BCUT2D eigenvalue weighted by Gasteiger charge is -2.06. The van der Waals surface area contributed by atoms with Crippen LogP contribution in [-0.2, 0) is 4.79 Å². The summed E-state index contributed by atoms with van der Waals surface area (Å²) in [4.78, 5) is 10.5. The van der Waals surface area contributed by atoms with Crippen molar-refractivity contribution in [3.8, 4) is 5.75 Å². The molecule has 0 aliphatic rings. The van der Waals surface area contributed by atoms with Crippen LogP contribution in [0.15, 0.2) is 27.0 Å². The summed E-state index contributed by atoms with van der Waals surface area (Å²) >= 11 is 5.82. The fourth-order valence-electron chi connectivity index (χ4n) is 1.30. The van der Waals surface area contributed by atoms with E-state index in [2.05, 4.69) is 31.4 Å². The predicted octanol–water partition coefficient (Wildman–Crippen LogP) is 3.23. The van der Waals surface area contributed by atoms with E-state index in [1.165, 1.54) is 11.3 Å². The first kappa shape index (κ1) is 15.1. The van der Waals surface area contributed by atoms with Crippen LogP contribution in [0.5, 0.6) is 5.75 Å². The molecule has 106 valence electrons. The van der Waals surface area contributed by atoms with Crippen molar-refractivity contribution < 1.29 is 14.6 Å². The van der Waals surface area contributed by atoms with Gasteiger partial charge in [0.25, 0.3) is 0 Å². The number of nitrogens with zero attached hydrogens (tertiary/aromatic N) is 2. The second-order valence-corrected chi connectivity index (χ2v) is 6.58. The number of anilines is 2. The Balaban J connectivity index is 2.04. The topological polar surface area (TPSA) is 84.3 Å². The number of aromatic nitrogens is 2. The summed E-state index contributed by atoms with van der Waals surface area (Å²) in [5.41, 5.74) is 0.816. The molecule has 6 nitrogen and oxygen atoms in total. The standard InChI is InChI=1S/C11H10BrN3O3S2/c1-18-8-4-6(2-3-7(8)12)13-10-14-15-11(20-10)19-5-9(16)17/h2-4H,5H2,1H3,(H,13,14)(H,16,17). The molecule has 0 atom stereocenters. The lowest BCUT2D eigenvalue weighted by Crippen LogP contribution is -1.96. The van der Waals surface area contributed by atoms with Crippen LogP contribution in [0.25, 0.3) is 0 Å². The van der Waals surface area contributed by atoms with Crippen LogP contribution < -0.4 is 10.1 Å². The van der Waals surface area contributed by atoms with E-state index in [0.717, 1.165) is 21.9 Å². The molecule has 0 unspecified atom stereocenters. The fraction of sp³-hybridized carbons (Fsp3) is 0.182. The maximum Gasteiger partial charge on any atom is 0.313 e. The molecule has 0 saturated carbocycles. The fourth-order valence-corrected chi connectivity index (χ4v) is 3.20. The highest BCUT2D eigenvalue weighted by molar-refractivity contribution is 9.10. The Morgan fingerprint density at radius 2 is 2.35 bits per heavy atom. The van der Waals surface area contributed by atoms with Gasteiger partial charge in [0.15, 0.2) is 4.34 Å². The summed E-state index contributed by atoms with van der Waals surface area (Å²) in [6.07, 6.45) is 0. The van der Waals surface area contributed by atoms with Crippen molar-refractivity contribution in [2.45, 2.75) is 4.34 Å². The average Bonchev–Trinajstić information content (AvgIpc) is 2.86. The molecule has 2 aromatic rings. The van der Waals surface area contributed by atoms with Crippen molar-refractivity contribution in [1.82, 2.24) is 10.2 Å². The van der Waals surface area contributed by atoms with Crippen molar-refractivity contribution in [3.05, 3.63) is 22.7 Å². The number of carboxylic acids is 1. The highest BCUT2D eigenvalue weighted by Gasteiger charge is 2.08. The number of benzene rings is 1. The van der Waals surface area contributed by atoms with Crippen LogP contribution in [0, 0.1) is 0 Å². The number of carboxylic acid groups (broad SMARTS) is 1. The van der Waals surface area contributed by atoms with Gasteiger partial charge in [0.2, 0.25) is 5.13 Å². The third kappa shape index (κ3) is 4.09. The van der Waals surface area contributed by atoms with Crippen LogP contribution in [0.1, 0.15) is 0 Å². The lowest BCUT2D eigenvalue weighted by molar-refractivity contribution is -0.133. The van der Waals surface area contributed by atoms with Crippen LogP contribution in [0.4, 0.5) is 10.8 Å². The number of hydrogen-bond donors (Lipinski definition) is 2. The van der Waals surface area contributed by atoms with Gasteiger partial charge in [-0.15, -0.1) is 10.2 Å². The van der Waals surface area contributed by atoms with Gasteiger partial charge in [-0.25, -0.2) is 0 Å². The summed E-state index contributed by atoms with van der Waals surface area (Å²) in [5, 5.41) is 20.2. The van der Waals surface area contributed by atoms with E-state index >= 15 is 0 Å². The summed E-state index contributed by atoms with van der Waals surface area (Å²) in [6, 6.07) is 5.57. The van der Waals surface area contributed by atoms with Gasteiger partial charge in [-0.3, -0.25) is 4.79 Å². The number of thioether (sulfide) groups is 1. The number of ether oxygens (including phenoxy) is 1. The lowest BCUT2D eigenvalue weighted by atomic mass is 10.3. The van der Waals surface area contributed by atoms with Crippen LogP contribution >= 0.6 is 39.0 Å². The van der Waals surface area contributed by atoms with Crippen molar-refractivity contribution in [2.75, 3.05) is 18.2 Å². The Bertz CT molecular complexity index is 621. The van der Waals surface area contributed by atoms with Crippen molar-refractivity contribution in [1.29, 1.82) is 0 Å². The van der Waals surface area contributed by atoms with Crippen LogP contribution in [0.2, 0.25) is 0 Å². The van der Waals surface area contributed by atoms with Gasteiger partial charge in [0.05, 0.1) is 17.3 Å². The Kier molecular flexibility index (Phi) is 5.21. The van der Waals surface area contributed by atoms with E-state index in [1.807, 2.05) is 18.2 Å². The summed E-state index contributed by atoms with van der Waals surface area (Å²) in [5.74, 6) is -0.196. The zero-order valence-electron chi connectivity index (χ0n) is 10.3. The molecule has 1 heterocycles. The third-order valence-electron chi connectivity index (χ3n) is 2.13. The monoisotopic (exact) mass is 375 g/mol. The minimum absolute atomic E-state index is 0.0270. The van der Waals surface area contributed by atoms with Crippen LogP contribution in [-0.4, -0.2) is 34.1 Å². The van der Waals surface area contributed by atoms with Gasteiger partial charge in [-0.05, 0) is 28.1 Å². The Labute approximate surface area is 131 Å². The minimum Gasteiger partial charge on any atom is -0.495 e. The third-order valence-corrected chi connectivity index (χ3v) is 4.74. The molecule has 0 aliphatic carbocycles. The van der Waals surface area contributed by atoms with E-state index in [1.54, 1.807) is 7.11 Å². The number of nitrogens with one attached hydrogen (secondary N) is 1. The molecule has 0 bridgehead atoms. The maximum absolute atomic E-state index is 10.5. The van der Waals surface area contributed by atoms with Crippen molar-refractivity contribution in [2.24, 2.45) is 0 Å². The Hall–Kier alpha value is -1.32. The van der Waals surface area contributed by atoms with Crippen LogP contribution in [0.3, 0.4) is 0 Å². The second-order valence-electron chi connectivity index (χ2n) is 3.53. The molecule has 9 heteroatoms. The largest absolute Gasteiger partial charge is 0.495 e. The van der Waals surface area contributed by atoms with E-state index in [-0.39, 0.29) is 5.75 Å². The molecule has 2 rings (SSSR count). The van der Waals surface area contributed by atoms with Gasteiger partial charge in [-0.2, -0.15) is 0 Å². The molecule has 1 aromatic carbocycles. The summed E-state index contributed by atoms with van der Waals surface area (Å²) < 4.78 is 6.68. The predicted molar refractivity (Wildman–Crippen MR) is 82.2 cm³/mol. The Morgan fingerprint density at radius 1 is 1.55 bits per heavy atom. The molecule has 0 fully saturated rings. The number of halogens is 1. The number of rotatable bonds is 6. The zero-order valence-corrected chi connectivity index (χ0v) is 13.5. The number of methoxy groups -OCH3 is 1. The molecular formula is C11H10BrN3O3S2. The number of aliphatic carboxylic acids is 1. The van der Waals surface area contributed by atoms with E-state index in [9.17, 15) is 4.79 Å². The molecule has 0 aliphatic heterocycles. The average molecular weight is 376 g/mol. The quantitative estimate of drug-likeness (QED) is 0.749. The number of hydrogen-bond acceptors (Lipinski definition) is 7. The molecule has 0 saturated heterocycles. The molecule has 1 aromatic heterocycles. The van der Waals surface area contributed by atoms with Crippen molar-refractivity contribution in [3.63, 3.8) is 0 Å². The summed E-state index contributed by atoms with van der Waals surface area (Å²) in [7, 11) is 1.59. The van der Waals surface area contributed by atoms with Gasteiger partial charge in [-0.1, -0.05) is 23.1 Å². The Morgan fingerprint density at radius 3 is 3.05 bits per heavy atom. The molecule has 0 amide bonds. The van der Waals surface area contributed by atoms with E-state index in [0.29, 0.717) is 15.2 Å². The van der Waals surface area contributed by atoms with Gasteiger partial charge < -0.3 is 15.2 Å². The summed E-state index contributed by atoms with van der Waals surface area (Å²) in [6.45, 7) is 0. The molecule has 20 heavy (non-hydrogen) atoms. The minimum atomic E-state index is -0.877. The van der Waals surface area contributed by atoms with Crippen molar-refractivity contribution >= 4 is 55.8 Å². The SMILES string of the molecule is COc1cc(Nc2nnc(SCC(=O)O)s2)ccc1Br. The number of carbonyl (C=O) groups is 1. The second kappa shape index (κ2) is 6.91. The molecule has 0 spiro atoms. The maximum atomic E-state index is 10.5. The van der Waals surface area contributed by atoms with E-state index in [4.69, 9.17) is 9.84 Å². The first-order valence-corrected chi connectivity index (χ1v) is 7.96. The van der Waals surface area contributed by atoms with Gasteiger partial charge in [0.1, 0.15) is 5.75 Å². The van der Waals surface area contributed by atoms with Gasteiger partial charge >= 0.3 is 5.97 Å². The normalized spacial score (nSPS) is 10.3. The zero-order chi connectivity index (χ0) is 14.5. The molecule has 0 radical (unpaired) electrons. The molecule has 2 N–H and O–H groups in total. The first-order chi connectivity index (χ1) is 9.58. The molecular weight excluding hydrogens is 366 g/mol. The van der Waals surface area contributed by atoms with E-state index < -0.39 is 5.97 Å². The smallest absolute Gasteiger partial charge is 0.313 e. The van der Waals surface area contributed by atoms with Gasteiger partial charge in [0, 0.05) is 11.8 Å².